The minimum absolute atomic E-state index is 0.0000562. The average molecular weight is 448 g/mol. The summed E-state index contributed by atoms with van der Waals surface area (Å²) in [6.45, 7) is 3.87. The van der Waals surface area contributed by atoms with Crippen molar-refractivity contribution in [1.29, 1.82) is 0 Å². The molecule has 0 saturated heterocycles. The Kier molecular flexibility index (Phi) is 4.82. The molecule has 0 saturated carbocycles. The van der Waals surface area contributed by atoms with E-state index in [9.17, 15) is 9.90 Å². The van der Waals surface area contributed by atoms with Crippen LogP contribution >= 0.6 is 11.6 Å². The molecule has 162 valence electrons. The highest BCUT2D eigenvalue weighted by Crippen LogP contribution is 2.46. The van der Waals surface area contributed by atoms with E-state index >= 15 is 0 Å². The van der Waals surface area contributed by atoms with Crippen LogP contribution in [0.3, 0.4) is 0 Å². The number of ether oxygens (including phenoxy) is 1. The second-order valence-corrected chi connectivity index (χ2v) is 8.70. The zero-order chi connectivity index (χ0) is 22.6. The van der Waals surface area contributed by atoms with Crippen molar-refractivity contribution in [3.05, 3.63) is 81.8 Å². The predicted octanol–water partition coefficient (Wildman–Crippen LogP) is 6.18. The maximum absolute atomic E-state index is 11.4. The quantitative estimate of drug-likeness (QED) is 0.391. The Bertz CT molecular complexity index is 1400. The minimum atomic E-state index is -0.992. The second-order valence-electron chi connectivity index (χ2n) is 8.27. The Hall–Kier alpha value is -3.51. The molecule has 4 aromatic rings. The van der Waals surface area contributed by atoms with Crippen LogP contribution in [0.25, 0.3) is 17.0 Å². The highest BCUT2D eigenvalue weighted by molar-refractivity contribution is 6.32. The molecule has 2 N–H and O–H groups in total. The highest BCUT2D eigenvalue weighted by Gasteiger charge is 2.32. The molecule has 0 spiro atoms. The van der Waals surface area contributed by atoms with Gasteiger partial charge in [0.15, 0.2) is 0 Å². The molecule has 2 unspecified atom stereocenters. The molecule has 2 aromatic carbocycles. The van der Waals surface area contributed by atoms with Crippen molar-refractivity contribution >= 4 is 34.5 Å². The fourth-order valence-corrected chi connectivity index (χ4v) is 4.87. The number of aromatic carboxylic acids is 1. The number of nitrogens with zero attached hydrogens (tertiary/aromatic N) is 2. The van der Waals surface area contributed by atoms with Gasteiger partial charge in [-0.15, -0.1) is 0 Å². The Morgan fingerprint density at radius 1 is 1.22 bits per heavy atom. The van der Waals surface area contributed by atoms with Gasteiger partial charge in [0, 0.05) is 41.3 Å². The van der Waals surface area contributed by atoms with Crippen LogP contribution in [-0.4, -0.2) is 25.6 Å². The molecule has 0 bridgehead atoms. The number of fused-ring (bicyclic) bond motifs is 2. The normalized spacial score (nSPS) is 17.8. The van der Waals surface area contributed by atoms with E-state index in [0.29, 0.717) is 17.3 Å². The van der Waals surface area contributed by atoms with Crippen molar-refractivity contribution in [2.75, 3.05) is 0 Å². The molecule has 2 atom stereocenters. The number of benzene rings is 2. The average Bonchev–Trinajstić information content (AvgIpc) is 3.32. The summed E-state index contributed by atoms with van der Waals surface area (Å²) in [7, 11) is 2.03. The van der Waals surface area contributed by atoms with E-state index in [1.54, 1.807) is 19.1 Å². The number of H-pyrrole nitrogens is 1. The molecule has 0 aliphatic heterocycles. The van der Waals surface area contributed by atoms with Crippen LogP contribution < -0.4 is 4.74 Å². The number of nitrogens with one attached hydrogen (secondary N) is 1. The number of imidazole rings is 1. The molecule has 0 fully saturated rings. The molecule has 32 heavy (non-hydrogen) atoms. The Labute approximate surface area is 190 Å². The third kappa shape index (κ3) is 3.37. The fraction of sp³-hybridized carbons (Fsp3) is 0.200. The van der Waals surface area contributed by atoms with Gasteiger partial charge in [0.05, 0.1) is 11.3 Å². The molecule has 1 aliphatic carbocycles. The number of hydrogen-bond acceptors (Lipinski definition) is 3. The van der Waals surface area contributed by atoms with Crippen LogP contribution in [0.4, 0.5) is 0 Å². The fourth-order valence-electron chi connectivity index (χ4n) is 4.46. The first-order valence-corrected chi connectivity index (χ1v) is 10.7. The molecule has 7 heteroatoms. The van der Waals surface area contributed by atoms with Crippen molar-refractivity contribution < 1.29 is 14.6 Å². The van der Waals surface area contributed by atoms with Crippen LogP contribution in [-0.2, 0) is 7.05 Å². The first-order valence-electron chi connectivity index (χ1n) is 10.4. The van der Waals surface area contributed by atoms with Gasteiger partial charge < -0.3 is 19.4 Å². The Balaban J connectivity index is 1.46. The van der Waals surface area contributed by atoms with Gasteiger partial charge in [-0.1, -0.05) is 30.7 Å². The molecule has 0 amide bonds. The van der Waals surface area contributed by atoms with E-state index in [4.69, 9.17) is 16.3 Å². The van der Waals surface area contributed by atoms with Gasteiger partial charge >= 0.3 is 5.97 Å². The number of rotatable bonds is 4. The number of carbonyl (C=O) groups is 1. The lowest BCUT2D eigenvalue weighted by Crippen LogP contribution is -2.14. The van der Waals surface area contributed by atoms with Crippen molar-refractivity contribution in [1.82, 2.24) is 14.5 Å². The first-order chi connectivity index (χ1) is 15.3. The third-order valence-corrected chi connectivity index (χ3v) is 6.53. The van der Waals surface area contributed by atoms with Crippen molar-refractivity contribution in [2.45, 2.75) is 25.7 Å². The largest absolute Gasteiger partial charge is 0.478 e. The van der Waals surface area contributed by atoms with Crippen LogP contribution in [0.5, 0.6) is 11.8 Å². The SMILES string of the molecule is Cc1ccc(Oc2nc3c([nH]2)C(C)C(c2ccc4c(ccn4C)c2)C(Cl)=C3)cc1C(=O)O. The topological polar surface area (TPSA) is 80.1 Å². The van der Waals surface area contributed by atoms with Gasteiger partial charge in [0.2, 0.25) is 0 Å². The van der Waals surface area contributed by atoms with Gasteiger partial charge in [-0.3, -0.25) is 0 Å². The first kappa shape index (κ1) is 20.4. The molecular formula is C25H22ClN3O3. The molecule has 0 radical (unpaired) electrons. The summed E-state index contributed by atoms with van der Waals surface area (Å²) in [6, 6.07) is 13.8. The lowest BCUT2D eigenvalue weighted by Gasteiger charge is -2.27. The lowest BCUT2D eigenvalue weighted by molar-refractivity contribution is 0.0695. The van der Waals surface area contributed by atoms with Crippen LogP contribution in [0.1, 0.15) is 51.6 Å². The highest BCUT2D eigenvalue weighted by atomic mass is 35.5. The summed E-state index contributed by atoms with van der Waals surface area (Å²) in [5, 5.41) is 11.3. The van der Waals surface area contributed by atoms with E-state index in [0.717, 1.165) is 22.0 Å². The molecule has 5 rings (SSSR count). The third-order valence-electron chi connectivity index (χ3n) is 6.19. The molecular weight excluding hydrogens is 426 g/mol. The van der Waals surface area contributed by atoms with Crippen molar-refractivity contribution in [3.63, 3.8) is 0 Å². The Morgan fingerprint density at radius 2 is 2.03 bits per heavy atom. The smallest absolute Gasteiger partial charge is 0.336 e. The predicted molar refractivity (Wildman–Crippen MR) is 125 cm³/mol. The number of halogens is 1. The molecule has 1 aliphatic rings. The number of aromatic amines is 1. The van der Waals surface area contributed by atoms with E-state index in [2.05, 4.69) is 45.7 Å². The van der Waals surface area contributed by atoms with E-state index in [1.165, 1.54) is 17.0 Å². The zero-order valence-electron chi connectivity index (χ0n) is 17.9. The van der Waals surface area contributed by atoms with Gasteiger partial charge in [-0.25, -0.2) is 4.79 Å². The summed E-state index contributed by atoms with van der Waals surface area (Å²) in [5.74, 6) is -0.526. The van der Waals surface area contributed by atoms with Gasteiger partial charge in [-0.05, 0) is 59.8 Å². The lowest BCUT2D eigenvalue weighted by atomic mass is 9.80. The van der Waals surface area contributed by atoms with Crippen molar-refractivity contribution in [3.8, 4) is 11.8 Å². The number of aromatic nitrogens is 3. The standard InChI is InChI=1S/C25H22ClN3O3/c1-13-4-6-17(11-18(13)24(30)31)32-25-27-20-12-19(26)22(14(2)23(20)28-25)16-5-7-21-15(10-16)8-9-29(21)3/h4-12,14,22H,1-3H3,(H,27,28)(H,30,31). The van der Waals surface area contributed by atoms with Crippen LogP contribution in [0.15, 0.2) is 53.7 Å². The summed E-state index contributed by atoms with van der Waals surface area (Å²) < 4.78 is 7.95. The monoisotopic (exact) mass is 447 g/mol. The summed E-state index contributed by atoms with van der Waals surface area (Å²) in [4.78, 5) is 19.2. The second kappa shape index (κ2) is 7.57. The van der Waals surface area contributed by atoms with Gasteiger partial charge in [0.1, 0.15) is 5.75 Å². The van der Waals surface area contributed by atoms with Gasteiger partial charge in [0.25, 0.3) is 6.01 Å². The van der Waals surface area contributed by atoms with Crippen LogP contribution in [0.2, 0.25) is 0 Å². The van der Waals surface area contributed by atoms with Crippen molar-refractivity contribution in [2.24, 2.45) is 7.05 Å². The summed E-state index contributed by atoms with van der Waals surface area (Å²) in [6.07, 6.45) is 3.92. The maximum atomic E-state index is 11.4. The molecule has 6 nitrogen and oxygen atoms in total. The summed E-state index contributed by atoms with van der Waals surface area (Å²) >= 11 is 6.73. The Morgan fingerprint density at radius 3 is 2.81 bits per heavy atom. The van der Waals surface area contributed by atoms with E-state index in [-0.39, 0.29) is 17.4 Å². The summed E-state index contributed by atoms with van der Waals surface area (Å²) in [5.41, 5.74) is 4.86. The van der Waals surface area contributed by atoms with Gasteiger partial charge in [-0.2, -0.15) is 4.98 Å². The maximum Gasteiger partial charge on any atom is 0.336 e. The number of allylic oxidation sites excluding steroid dienone is 1. The number of carboxylic acid groups (broad SMARTS) is 1. The number of carboxylic acids is 1. The minimum Gasteiger partial charge on any atom is -0.478 e. The number of hydrogen-bond donors (Lipinski definition) is 2. The van der Waals surface area contributed by atoms with Crippen LogP contribution in [0, 0.1) is 6.92 Å². The van der Waals surface area contributed by atoms with E-state index in [1.807, 2.05) is 19.3 Å². The number of aryl methyl sites for hydroxylation is 2. The molecule has 2 aromatic heterocycles. The molecule has 2 heterocycles. The zero-order valence-corrected chi connectivity index (χ0v) is 18.6. The van der Waals surface area contributed by atoms with E-state index < -0.39 is 5.97 Å².